The molecule has 6 nitrogen and oxygen atoms in total. The topological polar surface area (TPSA) is 78.7 Å². The Morgan fingerprint density at radius 2 is 1.67 bits per heavy atom. The van der Waals surface area contributed by atoms with Gasteiger partial charge in [-0.25, -0.2) is 0 Å². The molecular weight excluding hydrogens is 402 g/mol. The molecule has 1 aromatic heterocycles. The second-order valence-electron chi connectivity index (χ2n) is 6.50. The zero-order chi connectivity index (χ0) is 21.3. The monoisotopic (exact) mass is 419 g/mol. The molecule has 0 aliphatic rings. The molecular formula is C23H17NO5S. The van der Waals surface area contributed by atoms with Gasteiger partial charge in [0.25, 0.3) is 5.69 Å². The van der Waals surface area contributed by atoms with Gasteiger partial charge >= 0.3 is 0 Å². The van der Waals surface area contributed by atoms with Crippen molar-refractivity contribution in [2.75, 3.05) is 14.2 Å². The number of nitrogens with zero attached hydrogens (tertiary/aromatic N) is 1. The number of ether oxygens (including phenoxy) is 2. The molecule has 0 N–H and O–H groups in total. The Hall–Kier alpha value is -3.71. The Morgan fingerprint density at radius 1 is 0.967 bits per heavy atom. The summed E-state index contributed by atoms with van der Waals surface area (Å²) < 4.78 is 10.8. The summed E-state index contributed by atoms with van der Waals surface area (Å²) >= 11 is 1.35. The highest BCUT2D eigenvalue weighted by atomic mass is 32.1. The highest BCUT2D eigenvalue weighted by Gasteiger charge is 2.28. The van der Waals surface area contributed by atoms with Crippen molar-refractivity contribution >= 4 is 33.6 Å². The predicted octanol–water partition coefficient (Wildman–Crippen LogP) is 5.72. The maximum Gasteiger partial charge on any atom is 0.279 e. The summed E-state index contributed by atoms with van der Waals surface area (Å²) in [5.74, 6) is 0.583. The Labute approximate surface area is 176 Å². The summed E-state index contributed by atoms with van der Waals surface area (Å²) in [5, 5.41) is 14.9. The van der Waals surface area contributed by atoms with Gasteiger partial charge in [0.05, 0.1) is 24.7 Å². The molecule has 4 rings (SSSR count). The number of carbonyl (C=O) groups is 1. The summed E-state index contributed by atoms with van der Waals surface area (Å²) in [6, 6.07) is 17.2. The van der Waals surface area contributed by atoms with E-state index in [1.54, 1.807) is 48.5 Å². The number of thiophene rings is 1. The maximum atomic E-state index is 13.6. The number of carbonyl (C=O) groups excluding carboxylic acids is 1. The van der Waals surface area contributed by atoms with Crippen molar-refractivity contribution in [3.8, 4) is 21.9 Å². The summed E-state index contributed by atoms with van der Waals surface area (Å²) in [6.45, 7) is 0. The van der Waals surface area contributed by atoms with Crippen molar-refractivity contribution < 1.29 is 19.2 Å². The van der Waals surface area contributed by atoms with Crippen LogP contribution < -0.4 is 9.47 Å². The first kappa shape index (κ1) is 19.6. The van der Waals surface area contributed by atoms with E-state index in [-0.39, 0.29) is 17.0 Å². The number of hydrogen-bond acceptors (Lipinski definition) is 6. The fourth-order valence-electron chi connectivity index (χ4n) is 3.50. The lowest BCUT2D eigenvalue weighted by atomic mass is 9.90. The molecule has 0 radical (unpaired) electrons. The number of rotatable bonds is 6. The van der Waals surface area contributed by atoms with Crippen LogP contribution in [0.1, 0.15) is 15.9 Å². The standard InChI is InChI=1S/C23H17NO5S/c1-28-18-12-15-11-17(24(26)27)22(20-9-6-10-30-20)21(16(15)13-19(18)29-2)23(25)14-7-4-3-5-8-14/h3-13H,1-2H3. The summed E-state index contributed by atoms with van der Waals surface area (Å²) in [6.07, 6.45) is 0. The van der Waals surface area contributed by atoms with Crippen molar-refractivity contribution in [3.05, 3.63) is 87.3 Å². The number of nitro groups is 1. The lowest BCUT2D eigenvalue weighted by Crippen LogP contribution is -2.07. The zero-order valence-corrected chi connectivity index (χ0v) is 17.1. The van der Waals surface area contributed by atoms with Gasteiger partial charge in [0.2, 0.25) is 0 Å². The Bertz CT molecular complexity index is 1250. The average Bonchev–Trinajstić information content (AvgIpc) is 3.31. The molecule has 0 bridgehead atoms. The average molecular weight is 419 g/mol. The number of benzene rings is 3. The third-order valence-corrected chi connectivity index (χ3v) is 5.74. The van der Waals surface area contributed by atoms with E-state index in [0.717, 1.165) is 0 Å². The van der Waals surface area contributed by atoms with E-state index in [1.165, 1.54) is 31.6 Å². The molecule has 0 saturated heterocycles. The molecule has 3 aromatic carbocycles. The molecule has 1 heterocycles. The third-order valence-electron chi connectivity index (χ3n) is 4.85. The van der Waals surface area contributed by atoms with Crippen molar-refractivity contribution in [2.24, 2.45) is 0 Å². The molecule has 0 aliphatic carbocycles. The van der Waals surface area contributed by atoms with E-state index < -0.39 is 4.92 Å². The van der Waals surface area contributed by atoms with Crippen LogP contribution in [0, 0.1) is 10.1 Å². The minimum absolute atomic E-state index is 0.128. The normalized spacial score (nSPS) is 10.7. The van der Waals surface area contributed by atoms with Crippen molar-refractivity contribution in [2.45, 2.75) is 0 Å². The molecule has 0 saturated carbocycles. The van der Waals surface area contributed by atoms with Crippen LogP contribution in [0.2, 0.25) is 0 Å². The van der Waals surface area contributed by atoms with E-state index >= 15 is 0 Å². The van der Waals surface area contributed by atoms with Gasteiger partial charge in [0, 0.05) is 22.1 Å². The second kappa shape index (κ2) is 7.96. The lowest BCUT2D eigenvalue weighted by Gasteiger charge is -2.15. The first-order valence-corrected chi connectivity index (χ1v) is 9.94. The third kappa shape index (κ3) is 3.29. The van der Waals surface area contributed by atoms with Crippen molar-refractivity contribution in [1.82, 2.24) is 0 Å². The van der Waals surface area contributed by atoms with E-state index in [1.807, 2.05) is 11.4 Å². The van der Waals surface area contributed by atoms with Crippen LogP contribution in [-0.4, -0.2) is 24.9 Å². The number of hydrogen-bond donors (Lipinski definition) is 0. The molecule has 0 spiro atoms. The molecule has 4 aromatic rings. The van der Waals surface area contributed by atoms with Gasteiger partial charge in [-0.3, -0.25) is 14.9 Å². The van der Waals surface area contributed by atoms with Crippen molar-refractivity contribution in [3.63, 3.8) is 0 Å². The molecule has 7 heteroatoms. The quantitative estimate of drug-likeness (QED) is 0.227. The summed E-state index contributed by atoms with van der Waals surface area (Å²) in [7, 11) is 3.00. The van der Waals surface area contributed by atoms with Crippen LogP contribution in [-0.2, 0) is 0 Å². The zero-order valence-electron chi connectivity index (χ0n) is 16.2. The van der Waals surface area contributed by atoms with E-state index in [4.69, 9.17) is 9.47 Å². The smallest absolute Gasteiger partial charge is 0.279 e. The summed E-state index contributed by atoms with van der Waals surface area (Å²) in [5.41, 5.74) is 0.903. The van der Waals surface area contributed by atoms with Crippen LogP contribution in [0.3, 0.4) is 0 Å². The highest BCUT2D eigenvalue weighted by Crippen LogP contribution is 2.44. The first-order valence-electron chi connectivity index (χ1n) is 9.06. The number of nitro benzene ring substituents is 1. The van der Waals surface area contributed by atoms with Gasteiger partial charge in [-0.2, -0.15) is 0 Å². The van der Waals surface area contributed by atoms with E-state index in [9.17, 15) is 14.9 Å². The Balaban J connectivity index is 2.17. The van der Waals surface area contributed by atoms with Gasteiger partial charge < -0.3 is 9.47 Å². The second-order valence-corrected chi connectivity index (χ2v) is 7.45. The van der Waals surface area contributed by atoms with Gasteiger partial charge in [-0.05, 0) is 34.4 Å². The lowest BCUT2D eigenvalue weighted by molar-refractivity contribution is -0.384. The maximum absolute atomic E-state index is 13.6. The summed E-state index contributed by atoms with van der Waals surface area (Å²) in [4.78, 5) is 25.8. The van der Waals surface area contributed by atoms with E-state index in [0.29, 0.717) is 38.3 Å². The van der Waals surface area contributed by atoms with Crippen LogP contribution >= 0.6 is 11.3 Å². The van der Waals surface area contributed by atoms with Gasteiger partial charge in [0.1, 0.15) is 0 Å². The Kier molecular flexibility index (Phi) is 5.20. The molecule has 0 fully saturated rings. The fourth-order valence-corrected chi connectivity index (χ4v) is 4.28. The van der Waals surface area contributed by atoms with Crippen LogP contribution in [0.4, 0.5) is 5.69 Å². The molecule has 0 unspecified atom stereocenters. The van der Waals surface area contributed by atoms with Gasteiger partial charge in [-0.1, -0.05) is 36.4 Å². The predicted molar refractivity (Wildman–Crippen MR) is 117 cm³/mol. The fraction of sp³-hybridized carbons (Fsp3) is 0.0870. The van der Waals surface area contributed by atoms with Crippen molar-refractivity contribution in [1.29, 1.82) is 0 Å². The molecule has 0 aliphatic heterocycles. The van der Waals surface area contributed by atoms with Crippen LogP contribution in [0.5, 0.6) is 11.5 Å². The molecule has 30 heavy (non-hydrogen) atoms. The SMILES string of the molecule is COc1cc2cc([N+](=O)[O-])c(-c3cccs3)c(C(=O)c3ccccc3)c2cc1OC. The minimum Gasteiger partial charge on any atom is -0.493 e. The molecule has 150 valence electrons. The highest BCUT2D eigenvalue weighted by molar-refractivity contribution is 7.13. The Morgan fingerprint density at radius 3 is 2.27 bits per heavy atom. The largest absolute Gasteiger partial charge is 0.493 e. The van der Waals surface area contributed by atoms with E-state index in [2.05, 4.69) is 0 Å². The van der Waals surface area contributed by atoms with Crippen LogP contribution in [0.25, 0.3) is 21.2 Å². The minimum atomic E-state index is -0.451. The van der Waals surface area contributed by atoms with Gasteiger partial charge in [0.15, 0.2) is 17.3 Å². The molecule has 0 amide bonds. The van der Waals surface area contributed by atoms with Crippen LogP contribution in [0.15, 0.2) is 66.0 Å². The molecule has 0 atom stereocenters. The number of methoxy groups -OCH3 is 2. The number of fused-ring (bicyclic) bond motifs is 1. The first-order chi connectivity index (χ1) is 14.5. The number of ketones is 1. The van der Waals surface area contributed by atoms with Gasteiger partial charge in [-0.15, -0.1) is 11.3 Å².